The van der Waals surface area contributed by atoms with Gasteiger partial charge in [-0.25, -0.2) is 0 Å². The number of hydrogen-bond donors (Lipinski definition) is 1. The number of rotatable bonds is 1. The van der Waals surface area contributed by atoms with E-state index in [1.54, 1.807) is 0 Å². The Hall–Kier alpha value is -0.830. The summed E-state index contributed by atoms with van der Waals surface area (Å²) in [6.45, 7) is 5.12. The second-order valence-corrected chi connectivity index (χ2v) is 3.72. The molecule has 0 aliphatic heterocycles. The van der Waals surface area contributed by atoms with Crippen molar-refractivity contribution in [3.63, 3.8) is 0 Å². The molecule has 1 aromatic rings. The number of aliphatic hydroxyl groups excluding tert-OH is 1. The van der Waals surface area contributed by atoms with Gasteiger partial charge in [0.2, 0.25) is 0 Å². The highest BCUT2D eigenvalue weighted by molar-refractivity contribution is 5.28. The number of fused-ring (bicyclic) bond motifs is 1. The van der Waals surface area contributed by atoms with E-state index in [1.165, 1.54) is 17.0 Å². The molecule has 1 aliphatic carbocycles. The average molecular weight is 180 g/mol. The van der Waals surface area contributed by atoms with Gasteiger partial charge in [0.15, 0.2) is 0 Å². The zero-order valence-electron chi connectivity index (χ0n) is 8.25. The van der Waals surface area contributed by atoms with Gasteiger partial charge >= 0.3 is 0 Å². The minimum atomic E-state index is -0.152. The third kappa shape index (κ3) is 1.37. The van der Waals surface area contributed by atoms with Crippen molar-refractivity contribution >= 4 is 0 Å². The highest BCUT2D eigenvalue weighted by Crippen LogP contribution is 2.23. The molecule has 0 spiro atoms. The summed E-state index contributed by atoms with van der Waals surface area (Å²) in [6.07, 6.45) is 2.44. The van der Waals surface area contributed by atoms with Crippen LogP contribution in [0.1, 0.15) is 30.3 Å². The van der Waals surface area contributed by atoms with Crippen LogP contribution in [0.25, 0.3) is 0 Å². The fourth-order valence-electron chi connectivity index (χ4n) is 2.06. The highest BCUT2D eigenvalue weighted by Gasteiger charge is 2.22. The molecule has 0 bridgehead atoms. The molecule has 0 aromatic carbocycles. The quantitative estimate of drug-likeness (QED) is 0.701. The lowest BCUT2D eigenvalue weighted by Crippen LogP contribution is -2.18. The third-order valence-electron chi connectivity index (χ3n) is 2.87. The van der Waals surface area contributed by atoms with E-state index in [2.05, 4.69) is 18.9 Å². The van der Waals surface area contributed by atoms with Crippen molar-refractivity contribution in [1.29, 1.82) is 0 Å². The zero-order valence-corrected chi connectivity index (χ0v) is 8.25. The molecule has 0 amide bonds. The Morgan fingerprint density at radius 2 is 2.38 bits per heavy atom. The first-order valence-electron chi connectivity index (χ1n) is 4.95. The van der Waals surface area contributed by atoms with E-state index in [4.69, 9.17) is 0 Å². The Bertz CT molecular complexity index is 317. The lowest BCUT2D eigenvalue weighted by Gasteiger charge is -2.16. The Labute approximate surface area is 78.4 Å². The molecule has 13 heavy (non-hydrogen) atoms. The van der Waals surface area contributed by atoms with Crippen LogP contribution in [0.5, 0.6) is 0 Å². The van der Waals surface area contributed by atoms with Gasteiger partial charge in [0.1, 0.15) is 0 Å². The molecular formula is C10H16N2O. The maximum Gasteiger partial charge on any atom is 0.0661 e. The van der Waals surface area contributed by atoms with E-state index in [0.29, 0.717) is 0 Å². The van der Waals surface area contributed by atoms with Crippen LogP contribution in [0.4, 0.5) is 0 Å². The van der Waals surface area contributed by atoms with Crippen LogP contribution in [0.2, 0.25) is 0 Å². The van der Waals surface area contributed by atoms with Gasteiger partial charge in [-0.1, -0.05) is 0 Å². The van der Waals surface area contributed by atoms with Gasteiger partial charge in [-0.3, -0.25) is 4.68 Å². The highest BCUT2D eigenvalue weighted by atomic mass is 16.3. The molecule has 3 heteroatoms. The van der Waals surface area contributed by atoms with E-state index in [-0.39, 0.29) is 6.10 Å². The van der Waals surface area contributed by atoms with Crippen molar-refractivity contribution in [2.24, 2.45) is 0 Å². The van der Waals surface area contributed by atoms with Crippen molar-refractivity contribution < 1.29 is 5.11 Å². The first-order valence-corrected chi connectivity index (χ1v) is 4.95. The smallest absolute Gasteiger partial charge is 0.0661 e. The Morgan fingerprint density at radius 1 is 1.62 bits per heavy atom. The molecule has 72 valence electrons. The molecular weight excluding hydrogens is 164 g/mol. The fraction of sp³-hybridized carbons (Fsp3) is 0.700. The number of nitrogens with zero attached hydrogens (tertiary/aromatic N) is 2. The summed E-state index contributed by atoms with van der Waals surface area (Å²) in [4.78, 5) is 0. The predicted molar refractivity (Wildman–Crippen MR) is 50.7 cm³/mol. The Balaban J connectivity index is 2.40. The van der Waals surface area contributed by atoms with Gasteiger partial charge in [-0.05, 0) is 32.3 Å². The zero-order chi connectivity index (χ0) is 9.42. The summed E-state index contributed by atoms with van der Waals surface area (Å²) in [5, 5.41) is 14.0. The van der Waals surface area contributed by atoms with Gasteiger partial charge in [0.05, 0.1) is 11.8 Å². The summed E-state index contributed by atoms with van der Waals surface area (Å²) in [5.41, 5.74) is 3.71. The first kappa shape index (κ1) is 8.75. The topological polar surface area (TPSA) is 38.0 Å². The summed E-state index contributed by atoms with van der Waals surface area (Å²) < 4.78 is 2.03. The second kappa shape index (κ2) is 3.14. The molecule has 0 saturated heterocycles. The normalized spacial score (nSPS) is 21.6. The van der Waals surface area contributed by atoms with Crippen LogP contribution >= 0.6 is 0 Å². The van der Waals surface area contributed by atoms with Crippen LogP contribution in [0.3, 0.4) is 0 Å². The van der Waals surface area contributed by atoms with E-state index < -0.39 is 0 Å². The van der Waals surface area contributed by atoms with Gasteiger partial charge in [0, 0.05) is 18.7 Å². The van der Waals surface area contributed by atoms with E-state index in [9.17, 15) is 5.11 Å². The third-order valence-corrected chi connectivity index (χ3v) is 2.87. The van der Waals surface area contributed by atoms with Crippen LogP contribution in [-0.2, 0) is 19.4 Å². The van der Waals surface area contributed by atoms with Crippen molar-refractivity contribution in [2.45, 2.75) is 45.8 Å². The molecule has 1 aliphatic rings. The number of aryl methyl sites for hydroxylation is 2. The molecule has 2 rings (SSSR count). The standard InChI is InChI=1S/C10H16N2O/c1-3-12-7(2)9-6-8(13)4-5-10(9)11-12/h8,13H,3-6H2,1-2H3. The molecule has 1 aromatic heterocycles. The molecule has 3 nitrogen and oxygen atoms in total. The SMILES string of the molecule is CCn1nc2c(c1C)CC(O)CC2. The fourth-order valence-corrected chi connectivity index (χ4v) is 2.06. The van der Waals surface area contributed by atoms with Crippen LogP contribution in [0.15, 0.2) is 0 Å². The van der Waals surface area contributed by atoms with Gasteiger partial charge in [0.25, 0.3) is 0 Å². The van der Waals surface area contributed by atoms with Crippen LogP contribution in [-0.4, -0.2) is 21.0 Å². The maximum absolute atomic E-state index is 9.53. The van der Waals surface area contributed by atoms with Crippen LogP contribution < -0.4 is 0 Å². The number of aromatic nitrogens is 2. The first-order chi connectivity index (χ1) is 6.22. The lowest BCUT2D eigenvalue weighted by atomic mass is 9.94. The molecule has 1 atom stereocenters. The van der Waals surface area contributed by atoms with Crippen molar-refractivity contribution in [3.8, 4) is 0 Å². The van der Waals surface area contributed by atoms with Gasteiger partial charge in [-0.15, -0.1) is 0 Å². The minimum Gasteiger partial charge on any atom is -0.393 e. The van der Waals surface area contributed by atoms with E-state index in [1.807, 2.05) is 4.68 Å². The molecule has 1 unspecified atom stereocenters. The molecule has 0 radical (unpaired) electrons. The largest absolute Gasteiger partial charge is 0.393 e. The number of aliphatic hydroxyl groups is 1. The second-order valence-electron chi connectivity index (χ2n) is 3.72. The average Bonchev–Trinajstić information content (AvgIpc) is 2.44. The minimum absolute atomic E-state index is 0.152. The summed E-state index contributed by atoms with van der Waals surface area (Å²) in [6, 6.07) is 0. The predicted octanol–water partition coefficient (Wildman–Crippen LogP) is 1.06. The summed E-state index contributed by atoms with van der Waals surface area (Å²) in [7, 11) is 0. The molecule has 1 heterocycles. The number of hydrogen-bond acceptors (Lipinski definition) is 2. The van der Waals surface area contributed by atoms with E-state index >= 15 is 0 Å². The molecule has 0 saturated carbocycles. The van der Waals surface area contributed by atoms with Crippen molar-refractivity contribution in [1.82, 2.24) is 9.78 Å². The van der Waals surface area contributed by atoms with Gasteiger partial charge < -0.3 is 5.11 Å². The summed E-state index contributed by atoms with van der Waals surface area (Å²) >= 11 is 0. The lowest BCUT2D eigenvalue weighted by molar-refractivity contribution is 0.158. The van der Waals surface area contributed by atoms with Crippen molar-refractivity contribution in [2.75, 3.05) is 0 Å². The summed E-state index contributed by atoms with van der Waals surface area (Å²) in [5.74, 6) is 0. The monoisotopic (exact) mass is 180 g/mol. The maximum atomic E-state index is 9.53. The van der Waals surface area contributed by atoms with E-state index in [0.717, 1.165) is 25.8 Å². The Morgan fingerprint density at radius 3 is 3.08 bits per heavy atom. The van der Waals surface area contributed by atoms with Gasteiger partial charge in [-0.2, -0.15) is 5.10 Å². The Kier molecular flexibility index (Phi) is 2.12. The van der Waals surface area contributed by atoms with Crippen molar-refractivity contribution in [3.05, 3.63) is 17.0 Å². The van der Waals surface area contributed by atoms with Crippen LogP contribution in [0, 0.1) is 6.92 Å². The molecule has 0 fully saturated rings. The molecule has 1 N–H and O–H groups in total.